The van der Waals surface area contributed by atoms with Gasteiger partial charge in [-0.25, -0.2) is 9.37 Å². The van der Waals surface area contributed by atoms with E-state index in [-0.39, 0.29) is 5.82 Å². The largest absolute Gasteiger partial charge is 0.313 e. The molecule has 0 unspecified atom stereocenters. The van der Waals surface area contributed by atoms with Crippen LogP contribution in [0.15, 0.2) is 34.6 Å². The van der Waals surface area contributed by atoms with Crippen molar-refractivity contribution < 1.29 is 4.39 Å². The molecule has 2 rings (SSSR count). The van der Waals surface area contributed by atoms with Crippen molar-refractivity contribution in [2.75, 3.05) is 6.54 Å². The Balaban J connectivity index is 2.01. The van der Waals surface area contributed by atoms with Crippen molar-refractivity contribution in [1.82, 2.24) is 20.5 Å². The molecule has 1 aromatic heterocycles. The molecule has 0 amide bonds. The maximum absolute atomic E-state index is 13.8. The molecule has 96 valence electrons. The van der Waals surface area contributed by atoms with Crippen molar-refractivity contribution in [3.63, 3.8) is 0 Å². The Hall–Kier alpha value is -1.40. The van der Waals surface area contributed by atoms with Crippen LogP contribution in [0.3, 0.4) is 0 Å². The zero-order valence-corrected chi connectivity index (χ0v) is 10.9. The van der Waals surface area contributed by atoms with E-state index in [4.69, 9.17) is 0 Å². The van der Waals surface area contributed by atoms with Crippen LogP contribution in [0, 0.1) is 5.82 Å². The van der Waals surface area contributed by atoms with E-state index >= 15 is 0 Å². The van der Waals surface area contributed by atoms with Gasteiger partial charge < -0.3 is 5.32 Å². The van der Waals surface area contributed by atoms with Crippen molar-refractivity contribution in [3.8, 4) is 0 Å². The van der Waals surface area contributed by atoms with Gasteiger partial charge in [-0.3, -0.25) is 5.10 Å². The number of aromatic amines is 1. The fourth-order valence-corrected chi connectivity index (χ4v) is 2.19. The zero-order valence-electron chi connectivity index (χ0n) is 10.1. The fraction of sp³-hybridized carbons (Fsp3) is 0.333. The summed E-state index contributed by atoms with van der Waals surface area (Å²) in [5.41, 5.74) is 0.947. The molecule has 0 spiro atoms. The lowest BCUT2D eigenvalue weighted by atomic mass is 10.2. The first-order valence-electron chi connectivity index (χ1n) is 5.82. The van der Waals surface area contributed by atoms with Gasteiger partial charge in [-0.15, -0.1) is 0 Å². The number of halogens is 1. The molecule has 0 saturated carbocycles. The summed E-state index contributed by atoms with van der Waals surface area (Å²) in [5.74, 6) is -0.229. The number of nitrogens with one attached hydrogen (secondary N) is 2. The highest BCUT2D eigenvalue weighted by Crippen LogP contribution is 2.27. The second-order valence-electron chi connectivity index (χ2n) is 3.83. The second-order valence-corrected chi connectivity index (χ2v) is 4.86. The van der Waals surface area contributed by atoms with Gasteiger partial charge in [-0.2, -0.15) is 5.10 Å². The van der Waals surface area contributed by atoms with Crippen LogP contribution in [-0.2, 0) is 6.54 Å². The summed E-state index contributed by atoms with van der Waals surface area (Å²) in [6.45, 7) is 3.74. The molecule has 6 heteroatoms. The van der Waals surface area contributed by atoms with E-state index in [0.717, 1.165) is 18.5 Å². The molecule has 0 radical (unpaired) electrons. The number of nitrogens with zero attached hydrogens (tertiary/aromatic N) is 2. The smallest absolute Gasteiger partial charge is 0.188 e. The molecular weight excluding hydrogens is 251 g/mol. The van der Waals surface area contributed by atoms with Crippen molar-refractivity contribution in [1.29, 1.82) is 0 Å². The summed E-state index contributed by atoms with van der Waals surface area (Å²) in [7, 11) is 0. The van der Waals surface area contributed by atoms with Gasteiger partial charge in [0, 0.05) is 6.54 Å². The van der Waals surface area contributed by atoms with E-state index in [0.29, 0.717) is 16.6 Å². The van der Waals surface area contributed by atoms with Gasteiger partial charge in [-0.05, 0) is 42.4 Å². The summed E-state index contributed by atoms with van der Waals surface area (Å²) in [6, 6.07) is 5.25. The van der Waals surface area contributed by atoms with Gasteiger partial charge in [0.05, 0.1) is 4.90 Å². The molecule has 0 aliphatic carbocycles. The van der Waals surface area contributed by atoms with E-state index in [9.17, 15) is 4.39 Å². The lowest BCUT2D eigenvalue weighted by Crippen LogP contribution is -2.13. The Bertz CT molecular complexity index is 487. The van der Waals surface area contributed by atoms with Gasteiger partial charge in [-0.1, -0.05) is 13.0 Å². The van der Waals surface area contributed by atoms with Crippen molar-refractivity contribution in [3.05, 3.63) is 35.9 Å². The third-order valence-electron chi connectivity index (χ3n) is 2.35. The highest BCUT2D eigenvalue weighted by molar-refractivity contribution is 7.99. The van der Waals surface area contributed by atoms with Gasteiger partial charge >= 0.3 is 0 Å². The Morgan fingerprint density at radius 1 is 1.44 bits per heavy atom. The van der Waals surface area contributed by atoms with Gasteiger partial charge in [0.15, 0.2) is 5.16 Å². The van der Waals surface area contributed by atoms with E-state index in [1.165, 1.54) is 18.1 Å². The quantitative estimate of drug-likeness (QED) is 0.789. The molecule has 18 heavy (non-hydrogen) atoms. The molecule has 0 atom stereocenters. The summed E-state index contributed by atoms with van der Waals surface area (Å²) >= 11 is 1.23. The molecule has 0 saturated heterocycles. The average Bonchev–Trinajstić information content (AvgIpc) is 2.86. The minimum Gasteiger partial charge on any atom is -0.313 e. The Morgan fingerprint density at radius 3 is 3.00 bits per heavy atom. The van der Waals surface area contributed by atoms with Crippen molar-refractivity contribution in [2.24, 2.45) is 0 Å². The summed E-state index contributed by atoms with van der Waals surface area (Å²) in [5, 5.41) is 10.2. The van der Waals surface area contributed by atoms with E-state index in [1.54, 1.807) is 12.1 Å². The number of H-pyrrole nitrogens is 1. The normalized spacial score (nSPS) is 10.8. The number of hydrogen-bond donors (Lipinski definition) is 2. The highest BCUT2D eigenvalue weighted by Gasteiger charge is 2.07. The number of benzene rings is 1. The molecule has 0 fully saturated rings. The Morgan fingerprint density at radius 2 is 2.33 bits per heavy atom. The van der Waals surface area contributed by atoms with Crippen molar-refractivity contribution >= 4 is 11.8 Å². The first-order valence-corrected chi connectivity index (χ1v) is 6.63. The average molecular weight is 266 g/mol. The molecule has 1 heterocycles. The van der Waals surface area contributed by atoms with Crippen LogP contribution in [-0.4, -0.2) is 21.7 Å². The topological polar surface area (TPSA) is 53.6 Å². The molecule has 2 aromatic rings. The minimum absolute atomic E-state index is 0.229. The molecule has 0 aliphatic heterocycles. The molecule has 2 N–H and O–H groups in total. The number of aromatic nitrogens is 3. The molecule has 0 bridgehead atoms. The summed E-state index contributed by atoms with van der Waals surface area (Å²) in [4.78, 5) is 4.50. The first kappa shape index (κ1) is 13.0. The SMILES string of the molecule is CCCNCc1ccc(Sc2ncn[nH]2)c(F)c1. The van der Waals surface area contributed by atoms with E-state index in [1.807, 2.05) is 6.07 Å². The van der Waals surface area contributed by atoms with Crippen LogP contribution in [0.1, 0.15) is 18.9 Å². The molecule has 1 aromatic carbocycles. The van der Waals surface area contributed by atoms with Crippen LogP contribution >= 0.6 is 11.8 Å². The predicted molar refractivity (Wildman–Crippen MR) is 68.9 cm³/mol. The van der Waals surface area contributed by atoms with Crippen LogP contribution in [0.2, 0.25) is 0 Å². The van der Waals surface area contributed by atoms with E-state index < -0.39 is 0 Å². The summed E-state index contributed by atoms with van der Waals surface area (Å²) in [6.07, 6.45) is 2.48. The van der Waals surface area contributed by atoms with Gasteiger partial charge in [0.25, 0.3) is 0 Å². The molecule has 4 nitrogen and oxygen atoms in total. The predicted octanol–water partition coefficient (Wildman–Crippen LogP) is 2.59. The second kappa shape index (κ2) is 6.51. The Labute approximate surface area is 109 Å². The maximum atomic E-state index is 13.8. The van der Waals surface area contributed by atoms with Crippen LogP contribution in [0.4, 0.5) is 4.39 Å². The number of hydrogen-bond acceptors (Lipinski definition) is 4. The van der Waals surface area contributed by atoms with Gasteiger partial charge in [0.2, 0.25) is 0 Å². The maximum Gasteiger partial charge on any atom is 0.188 e. The standard InChI is InChI=1S/C12H15FN4S/c1-2-5-14-7-9-3-4-11(10(13)6-9)18-12-15-8-16-17-12/h3-4,6,8,14H,2,5,7H2,1H3,(H,15,16,17). The van der Waals surface area contributed by atoms with E-state index in [2.05, 4.69) is 27.4 Å². The fourth-order valence-electron chi connectivity index (χ4n) is 1.49. The van der Waals surface area contributed by atoms with Gasteiger partial charge in [0.1, 0.15) is 12.1 Å². The van der Waals surface area contributed by atoms with Crippen molar-refractivity contribution in [2.45, 2.75) is 29.9 Å². The highest BCUT2D eigenvalue weighted by atomic mass is 32.2. The van der Waals surface area contributed by atoms with Crippen LogP contribution < -0.4 is 5.32 Å². The summed E-state index contributed by atoms with van der Waals surface area (Å²) < 4.78 is 13.8. The third kappa shape index (κ3) is 3.54. The monoisotopic (exact) mass is 266 g/mol. The first-order chi connectivity index (χ1) is 8.79. The number of rotatable bonds is 6. The lowest BCUT2D eigenvalue weighted by Gasteiger charge is -2.05. The lowest BCUT2D eigenvalue weighted by molar-refractivity contribution is 0.595. The Kier molecular flexibility index (Phi) is 4.72. The van der Waals surface area contributed by atoms with Crippen LogP contribution in [0.5, 0.6) is 0 Å². The third-order valence-corrected chi connectivity index (χ3v) is 3.29. The zero-order chi connectivity index (χ0) is 12.8. The molecule has 0 aliphatic rings. The minimum atomic E-state index is -0.229. The van der Waals surface area contributed by atoms with Crippen LogP contribution in [0.25, 0.3) is 0 Å². The molecular formula is C12H15FN4S.